The maximum atomic E-state index is 4.47. The molecule has 120 valence electrons. The fourth-order valence-corrected chi connectivity index (χ4v) is 3.01. The molecule has 5 nitrogen and oxygen atoms in total. The molecule has 1 unspecified atom stereocenters. The smallest absolute Gasteiger partial charge is 0.139 e. The van der Waals surface area contributed by atoms with Crippen LogP contribution in [0, 0.1) is 11.8 Å². The van der Waals surface area contributed by atoms with E-state index in [1.165, 1.54) is 6.42 Å². The lowest BCUT2D eigenvalue weighted by molar-refractivity contribution is 0.480. The van der Waals surface area contributed by atoms with Crippen molar-refractivity contribution in [2.24, 2.45) is 0 Å². The Morgan fingerprint density at radius 2 is 2.17 bits per heavy atom. The average molecular weight is 317 g/mol. The molecule has 1 saturated heterocycles. The zero-order valence-corrected chi connectivity index (χ0v) is 13.3. The van der Waals surface area contributed by atoms with Gasteiger partial charge in [0.05, 0.1) is 11.3 Å². The van der Waals surface area contributed by atoms with E-state index in [2.05, 4.69) is 37.4 Å². The molecule has 0 aromatic carbocycles. The fraction of sp³-hybridized carbons (Fsp3) is 0.263. The van der Waals surface area contributed by atoms with Gasteiger partial charge in [0.2, 0.25) is 0 Å². The van der Waals surface area contributed by atoms with Gasteiger partial charge in [0.15, 0.2) is 0 Å². The van der Waals surface area contributed by atoms with E-state index in [0.29, 0.717) is 6.04 Å². The van der Waals surface area contributed by atoms with Gasteiger partial charge >= 0.3 is 0 Å². The van der Waals surface area contributed by atoms with Crippen molar-refractivity contribution in [1.82, 2.24) is 20.3 Å². The lowest BCUT2D eigenvalue weighted by Gasteiger charge is -2.25. The van der Waals surface area contributed by atoms with Gasteiger partial charge in [0.1, 0.15) is 11.3 Å². The Balaban J connectivity index is 1.71. The number of nitrogens with zero attached hydrogens (tertiary/aromatic N) is 2. The third kappa shape index (κ3) is 3.10. The van der Waals surface area contributed by atoms with E-state index in [4.69, 9.17) is 0 Å². The minimum atomic E-state index is 0.412. The van der Waals surface area contributed by atoms with Crippen LogP contribution in [0.3, 0.4) is 0 Å². The molecular formula is C19H19N5. The van der Waals surface area contributed by atoms with Gasteiger partial charge in [-0.2, -0.15) is 0 Å². The monoisotopic (exact) mass is 317 g/mol. The van der Waals surface area contributed by atoms with Crippen molar-refractivity contribution in [2.45, 2.75) is 18.9 Å². The van der Waals surface area contributed by atoms with E-state index in [1.807, 2.05) is 36.7 Å². The van der Waals surface area contributed by atoms with Gasteiger partial charge in [-0.25, -0.2) is 9.97 Å². The van der Waals surface area contributed by atoms with Gasteiger partial charge in [-0.05, 0) is 43.5 Å². The summed E-state index contributed by atoms with van der Waals surface area (Å²) in [6.45, 7) is 2.07. The molecule has 0 bridgehead atoms. The quantitative estimate of drug-likeness (QED) is 0.636. The van der Waals surface area contributed by atoms with Gasteiger partial charge in [-0.3, -0.25) is 0 Å². The Hall–Kier alpha value is -2.84. The second-order valence-corrected chi connectivity index (χ2v) is 5.94. The highest BCUT2D eigenvalue weighted by atomic mass is 15.0. The van der Waals surface area contributed by atoms with Crippen LogP contribution >= 0.6 is 0 Å². The number of nitrogens with one attached hydrogen (secondary N) is 3. The Labute approximate surface area is 140 Å². The van der Waals surface area contributed by atoms with Crippen molar-refractivity contribution in [1.29, 1.82) is 0 Å². The minimum Gasteiger partial charge on any atom is -0.379 e. The molecule has 1 atom stereocenters. The lowest BCUT2D eigenvalue weighted by Crippen LogP contribution is -2.38. The van der Waals surface area contributed by atoms with Gasteiger partial charge < -0.3 is 15.6 Å². The first-order valence-corrected chi connectivity index (χ1v) is 8.26. The van der Waals surface area contributed by atoms with Gasteiger partial charge in [0, 0.05) is 36.6 Å². The molecule has 0 radical (unpaired) electrons. The molecule has 0 saturated carbocycles. The molecule has 4 heterocycles. The summed E-state index contributed by atoms with van der Waals surface area (Å²) < 4.78 is 0. The first kappa shape index (κ1) is 14.7. The molecule has 3 N–H and O–H groups in total. The number of hydrogen-bond acceptors (Lipinski definition) is 4. The summed E-state index contributed by atoms with van der Waals surface area (Å²) in [7, 11) is 0. The van der Waals surface area contributed by atoms with Crippen LogP contribution in [0.15, 0.2) is 42.9 Å². The molecule has 5 heteroatoms. The number of aromatic nitrogens is 3. The third-order valence-corrected chi connectivity index (χ3v) is 4.22. The number of fused-ring (bicyclic) bond motifs is 1. The summed E-state index contributed by atoms with van der Waals surface area (Å²) in [4.78, 5) is 11.9. The van der Waals surface area contributed by atoms with E-state index in [9.17, 15) is 0 Å². The number of piperidine rings is 1. The largest absolute Gasteiger partial charge is 0.379 e. The van der Waals surface area contributed by atoms with E-state index in [1.54, 1.807) is 6.20 Å². The molecule has 0 amide bonds. The number of anilines is 1. The summed E-state index contributed by atoms with van der Waals surface area (Å²) in [5, 5.41) is 8.19. The topological polar surface area (TPSA) is 65.6 Å². The van der Waals surface area contributed by atoms with E-state index >= 15 is 0 Å². The first-order chi connectivity index (χ1) is 11.9. The molecule has 3 aromatic heterocycles. The average Bonchev–Trinajstić information content (AvgIpc) is 3.12. The van der Waals surface area contributed by atoms with E-state index in [0.717, 1.165) is 47.5 Å². The number of aromatic amines is 1. The molecule has 24 heavy (non-hydrogen) atoms. The highest BCUT2D eigenvalue weighted by Gasteiger charge is 2.16. The van der Waals surface area contributed by atoms with Crippen molar-refractivity contribution in [3.05, 3.63) is 54.1 Å². The van der Waals surface area contributed by atoms with Crippen molar-refractivity contribution in [2.75, 3.05) is 18.4 Å². The Kier molecular flexibility index (Phi) is 4.13. The predicted molar refractivity (Wildman–Crippen MR) is 95.8 cm³/mol. The number of pyridine rings is 2. The minimum absolute atomic E-state index is 0.412. The summed E-state index contributed by atoms with van der Waals surface area (Å²) >= 11 is 0. The van der Waals surface area contributed by atoms with Crippen molar-refractivity contribution in [3.63, 3.8) is 0 Å². The number of rotatable bonds is 2. The predicted octanol–water partition coefficient (Wildman–Crippen LogP) is 2.52. The molecule has 1 aliphatic heterocycles. The first-order valence-electron chi connectivity index (χ1n) is 8.26. The second-order valence-electron chi connectivity index (χ2n) is 5.94. The Morgan fingerprint density at radius 3 is 3.00 bits per heavy atom. The van der Waals surface area contributed by atoms with Crippen LogP contribution in [0.25, 0.3) is 11.0 Å². The summed E-state index contributed by atoms with van der Waals surface area (Å²) in [6.07, 6.45) is 7.85. The standard InChI is InChI=1S/C19H19N5/c1-2-10-21-15(4-1)7-6-14-12-23-19-17(8-11-22-19)18(14)24-16-5-3-9-20-13-16/h1-2,4,8,10-12,16,20H,3,5,9,13H2,(H2,22,23,24). The van der Waals surface area contributed by atoms with Crippen LogP contribution < -0.4 is 10.6 Å². The van der Waals surface area contributed by atoms with Crippen LogP contribution in [0.1, 0.15) is 24.1 Å². The molecular weight excluding hydrogens is 298 g/mol. The molecule has 3 aromatic rings. The summed E-state index contributed by atoms with van der Waals surface area (Å²) in [5.41, 5.74) is 3.60. The number of H-pyrrole nitrogens is 1. The van der Waals surface area contributed by atoms with E-state index < -0.39 is 0 Å². The normalized spacial score (nSPS) is 17.2. The van der Waals surface area contributed by atoms with Crippen LogP contribution in [0.2, 0.25) is 0 Å². The summed E-state index contributed by atoms with van der Waals surface area (Å²) in [5.74, 6) is 6.36. The SMILES string of the molecule is C(#Cc1cnc2[nH]ccc2c1NC1CCCNC1)c1ccccn1. The molecule has 0 aliphatic carbocycles. The van der Waals surface area contributed by atoms with Crippen LogP contribution in [-0.4, -0.2) is 34.1 Å². The number of hydrogen-bond donors (Lipinski definition) is 3. The highest BCUT2D eigenvalue weighted by molar-refractivity contribution is 5.92. The fourth-order valence-electron chi connectivity index (χ4n) is 3.01. The van der Waals surface area contributed by atoms with Gasteiger partial charge in [-0.15, -0.1) is 0 Å². The zero-order valence-electron chi connectivity index (χ0n) is 13.3. The van der Waals surface area contributed by atoms with Crippen LogP contribution in [-0.2, 0) is 0 Å². The van der Waals surface area contributed by atoms with Crippen molar-refractivity contribution in [3.8, 4) is 11.8 Å². The molecule has 1 fully saturated rings. The molecule has 1 aliphatic rings. The van der Waals surface area contributed by atoms with Gasteiger partial charge in [-0.1, -0.05) is 12.0 Å². The van der Waals surface area contributed by atoms with Crippen molar-refractivity contribution < 1.29 is 0 Å². The molecule has 0 spiro atoms. The maximum absolute atomic E-state index is 4.47. The molecule has 4 rings (SSSR count). The van der Waals surface area contributed by atoms with Gasteiger partial charge in [0.25, 0.3) is 0 Å². The van der Waals surface area contributed by atoms with Crippen molar-refractivity contribution >= 4 is 16.7 Å². The van der Waals surface area contributed by atoms with Crippen LogP contribution in [0.5, 0.6) is 0 Å². The Morgan fingerprint density at radius 1 is 1.17 bits per heavy atom. The maximum Gasteiger partial charge on any atom is 0.139 e. The summed E-state index contributed by atoms with van der Waals surface area (Å²) in [6, 6.07) is 8.20. The Bertz CT molecular complexity index is 882. The lowest BCUT2D eigenvalue weighted by atomic mass is 10.1. The highest BCUT2D eigenvalue weighted by Crippen LogP contribution is 2.26. The zero-order chi connectivity index (χ0) is 16.2. The van der Waals surface area contributed by atoms with E-state index in [-0.39, 0.29) is 0 Å². The van der Waals surface area contributed by atoms with Crippen LogP contribution in [0.4, 0.5) is 5.69 Å². The third-order valence-electron chi connectivity index (χ3n) is 4.22. The second kappa shape index (κ2) is 6.73.